The summed E-state index contributed by atoms with van der Waals surface area (Å²) in [5.41, 5.74) is 4.22. The van der Waals surface area contributed by atoms with Crippen molar-refractivity contribution in [1.29, 1.82) is 0 Å². The standard InChI is InChI=1S/C18H19N/c1-18(2)13-16(18)17(14-9-5-3-6-10-14)19-15-11-7-4-8-12-15/h3-13,17,19H,1-2H3. The normalized spacial score (nSPS) is 17.5. The zero-order valence-electron chi connectivity index (χ0n) is 11.4. The van der Waals surface area contributed by atoms with Gasteiger partial charge in [0.2, 0.25) is 0 Å². The Bertz CT molecular complexity index is 582. The van der Waals surface area contributed by atoms with E-state index < -0.39 is 0 Å². The van der Waals surface area contributed by atoms with Gasteiger partial charge < -0.3 is 5.32 Å². The molecule has 0 amide bonds. The van der Waals surface area contributed by atoms with Gasteiger partial charge in [-0.05, 0) is 23.3 Å². The van der Waals surface area contributed by atoms with Crippen LogP contribution in [0.3, 0.4) is 0 Å². The minimum absolute atomic E-state index is 0.252. The number of hydrogen-bond donors (Lipinski definition) is 1. The van der Waals surface area contributed by atoms with Crippen LogP contribution in [0.15, 0.2) is 72.3 Å². The van der Waals surface area contributed by atoms with E-state index in [0.29, 0.717) is 0 Å². The lowest BCUT2D eigenvalue weighted by atomic mass is 9.96. The molecule has 3 rings (SSSR count). The molecule has 1 aliphatic carbocycles. The smallest absolute Gasteiger partial charge is 0.0735 e. The van der Waals surface area contributed by atoms with Gasteiger partial charge in [-0.2, -0.15) is 0 Å². The van der Waals surface area contributed by atoms with E-state index in [0.717, 1.165) is 0 Å². The second-order valence-electron chi connectivity index (χ2n) is 5.68. The Kier molecular flexibility index (Phi) is 2.90. The van der Waals surface area contributed by atoms with Gasteiger partial charge in [-0.15, -0.1) is 0 Å². The zero-order valence-corrected chi connectivity index (χ0v) is 11.4. The molecule has 0 saturated heterocycles. The van der Waals surface area contributed by atoms with Gasteiger partial charge in [0.15, 0.2) is 0 Å². The van der Waals surface area contributed by atoms with E-state index in [4.69, 9.17) is 0 Å². The van der Waals surface area contributed by atoms with Crippen LogP contribution >= 0.6 is 0 Å². The molecule has 0 aliphatic heterocycles. The molecule has 1 nitrogen and oxygen atoms in total. The van der Waals surface area contributed by atoms with E-state index in [1.54, 1.807) is 0 Å². The lowest BCUT2D eigenvalue weighted by Crippen LogP contribution is -2.13. The molecule has 0 spiro atoms. The molecule has 19 heavy (non-hydrogen) atoms. The lowest BCUT2D eigenvalue weighted by Gasteiger charge is -2.21. The molecule has 0 fully saturated rings. The Morgan fingerprint density at radius 1 is 0.842 bits per heavy atom. The molecule has 96 valence electrons. The number of nitrogens with one attached hydrogen (secondary N) is 1. The summed E-state index contributed by atoms with van der Waals surface area (Å²) in [5.74, 6) is 0. The Labute approximate surface area is 115 Å². The first-order valence-corrected chi connectivity index (χ1v) is 6.76. The maximum atomic E-state index is 3.64. The lowest BCUT2D eigenvalue weighted by molar-refractivity contribution is 0.660. The predicted octanol–water partition coefficient (Wildman–Crippen LogP) is 4.81. The van der Waals surface area contributed by atoms with Crippen LogP contribution in [0.25, 0.3) is 0 Å². The number of hydrogen-bond acceptors (Lipinski definition) is 1. The van der Waals surface area contributed by atoms with Gasteiger partial charge in [0.25, 0.3) is 0 Å². The maximum absolute atomic E-state index is 3.64. The summed E-state index contributed by atoms with van der Waals surface area (Å²) in [6, 6.07) is 21.3. The monoisotopic (exact) mass is 249 g/mol. The maximum Gasteiger partial charge on any atom is 0.0735 e. The summed E-state index contributed by atoms with van der Waals surface area (Å²) in [5, 5.41) is 3.64. The van der Waals surface area contributed by atoms with Crippen LogP contribution in [-0.2, 0) is 0 Å². The fourth-order valence-corrected chi connectivity index (χ4v) is 2.50. The molecule has 1 aliphatic rings. The molecule has 1 N–H and O–H groups in total. The average molecular weight is 249 g/mol. The van der Waals surface area contributed by atoms with Gasteiger partial charge in [-0.3, -0.25) is 0 Å². The molecule has 2 aromatic carbocycles. The third-order valence-corrected chi connectivity index (χ3v) is 3.71. The van der Waals surface area contributed by atoms with Crippen LogP contribution in [0.1, 0.15) is 25.5 Å². The van der Waals surface area contributed by atoms with Gasteiger partial charge >= 0.3 is 0 Å². The van der Waals surface area contributed by atoms with Gasteiger partial charge in [0.05, 0.1) is 6.04 Å². The van der Waals surface area contributed by atoms with Crippen molar-refractivity contribution in [3.8, 4) is 0 Å². The van der Waals surface area contributed by atoms with Crippen molar-refractivity contribution in [1.82, 2.24) is 0 Å². The molecular formula is C18H19N. The average Bonchev–Trinajstić information content (AvgIpc) is 3.07. The summed E-state index contributed by atoms with van der Waals surface area (Å²) in [6.07, 6.45) is 2.35. The summed E-state index contributed by atoms with van der Waals surface area (Å²) in [4.78, 5) is 0. The van der Waals surface area contributed by atoms with Crippen LogP contribution < -0.4 is 5.32 Å². The highest BCUT2D eigenvalue weighted by Crippen LogP contribution is 2.50. The van der Waals surface area contributed by atoms with Crippen LogP contribution in [0.2, 0.25) is 0 Å². The molecule has 2 aromatic rings. The first-order chi connectivity index (χ1) is 9.17. The fraction of sp³-hybridized carbons (Fsp3) is 0.222. The summed E-state index contributed by atoms with van der Waals surface area (Å²) in [6.45, 7) is 4.54. The quantitative estimate of drug-likeness (QED) is 0.767. The molecule has 1 unspecified atom stereocenters. The van der Waals surface area contributed by atoms with E-state index in [1.807, 2.05) is 6.07 Å². The minimum atomic E-state index is 0.252. The minimum Gasteiger partial charge on any atom is -0.374 e. The topological polar surface area (TPSA) is 12.0 Å². The zero-order chi connectivity index (χ0) is 13.3. The van der Waals surface area contributed by atoms with Crippen LogP contribution in [0.5, 0.6) is 0 Å². The number of benzene rings is 2. The highest BCUT2D eigenvalue weighted by atomic mass is 14.9. The highest BCUT2D eigenvalue weighted by molar-refractivity contribution is 5.53. The van der Waals surface area contributed by atoms with Crippen molar-refractivity contribution in [2.45, 2.75) is 19.9 Å². The predicted molar refractivity (Wildman–Crippen MR) is 81.1 cm³/mol. The first kappa shape index (κ1) is 12.0. The number of rotatable bonds is 4. The van der Waals surface area contributed by atoms with Gasteiger partial charge in [-0.25, -0.2) is 0 Å². The number of anilines is 1. The molecular weight excluding hydrogens is 230 g/mol. The summed E-state index contributed by atoms with van der Waals surface area (Å²) < 4.78 is 0. The van der Waals surface area contributed by atoms with Crippen molar-refractivity contribution in [2.24, 2.45) is 5.41 Å². The van der Waals surface area contributed by atoms with Gasteiger partial charge in [0.1, 0.15) is 0 Å². The van der Waals surface area contributed by atoms with E-state index in [2.05, 4.69) is 79.8 Å². The largest absolute Gasteiger partial charge is 0.374 e. The van der Waals surface area contributed by atoms with Crippen LogP contribution in [-0.4, -0.2) is 0 Å². The second-order valence-corrected chi connectivity index (χ2v) is 5.68. The molecule has 0 radical (unpaired) electrons. The van der Waals surface area contributed by atoms with E-state index in [9.17, 15) is 0 Å². The summed E-state index contributed by atoms with van der Waals surface area (Å²) in [7, 11) is 0. The SMILES string of the molecule is CC1(C)C=C1C(Nc1ccccc1)c1ccccc1. The third kappa shape index (κ3) is 2.55. The third-order valence-electron chi connectivity index (χ3n) is 3.71. The van der Waals surface area contributed by atoms with Gasteiger partial charge in [0, 0.05) is 11.1 Å². The molecule has 1 heteroatoms. The number of para-hydroxylation sites is 1. The summed E-state index contributed by atoms with van der Waals surface area (Å²) >= 11 is 0. The van der Waals surface area contributed by atoms with E-state index in [-0.39, 0.29) is 11.5 Å². The molecule has 0 heterocycles. The molecule has 1 atom stereocenters. The first-order valence-electron chi connectivity index (χ1n) is 6.76. The van der Waals surface area contributed by atoms with Crippen molar-refractivity contribution >= 4 is 5.69 Å². The van der Waals surface area contributed by atoms with E-state index in [1.165, 1.54) is 16.8 Å². The Balaban J connectivity index is 1.88. The van der Waals surface area contributed by atoms with Crippen LogP contribution in [0, 0.1) is 5.41 Å². The molecule has 0 saturated carbocycles. The van der Waals surface area contributed by atoms with Crippen LogP contribution in [0.4, 0.5) is 5.69 Å². The van der Waals surface area contributed by atoms with Gasteiger partial charge in [-0.1, -0.05) is 68.5 Å². The van der Waals surface area contributed by atoms with E-state index >= 15 is 0 Å². The molecule has 0 bridgehead atoms. The fourth-order valence-electron chi connectivity index (χ4n) is 2.50. The highest BCUT2D eigenvalue weighted by Gasteiger charge is 2.39. The van der Waals surface area contributed by atoms with Crippen molar-refractivity contribution in [2.75, 3.05) is 5.32 Å². The Morgan fingerprint density at radius 2 is 1.37 bits per heavy atom. The molecule has 0 aromatic heterocycles. The number of allylic oxidation sites excluding steroid dienone is 1. The Morgan fingerprint density at radius 3 is 1.89 bits per heavy atom. The second kappa shape index (κ2) is 4.58. The van der Waals surface area contributed by atoms with Crippen molar-refractivity contribution in [3.05, 3.63) is 77.9 Å². The Hall–Kier alpha value is -2.02. The van der Waals surface area contributed by atoms with Crippen molar-refractivity contribution in [3.63, 3.8) is 0 Å². The van der Waals surface area contributed by atoms with Crippen molar-refractivity contribution < 1.29 is 0 Å².